The van der Waals surface area contributed by atoms with Gasteiger partial charge in [0, 0.05) is 10.9 Å². The number of aromatic nitrogens is 1. The molecule has 0 aliphatic carbocycles. The van der Waals surface area contributed by atoms with E-state index in [0.29, 0.717) is 11.3 Å². The number of hydrogen-bond acceptors (Lipinski definition) is 5. The molecule has 0 atom stereocenters. The lowest BCUT2D eigenvalue weighted by atomic mass is 10.2. The zero-order valence-electron chi connectivity index (χ0n) is 13.5. The number of nitrogens with zero attached hydrogens (tertiary/aromatic N) is 1. The van der Waals surface area contributed by atoms with E-state index in [2.05, 4.69) is 14.4 Å². The van der Waals surface area contributed by atoms with E-state index in [1.54, 1.807) is 29.6 Å². The highest BCUT2D eigenvalue weighted by molar-refractivity contribution is 7.93. The molecule has 9 heteroatoms. The molecular weight excluding hydrogens is 382 g/mol. The molecule has 1 heterocycles. The van der Waals surface area contributed by atoms with Gasteiger partial charge in [-0.1, -0.05) is 17.7 Å². The van der Waals surface area contributed by atoms with Crippen LogP contribution >= 0.6 is 11.3 Å². The van der Waals surface area contributed by atoms with Crippen LogP contribution in [0.4, 0.5) is 13.9 Å². The van der Waals surface area contributed by atoms with Crippen LogP contribution in [0.1, 0.15) is 5.56 Å². The first kappa shape index (κ1) is 18.3. The number of benzene rings is 2. The maximum atomic E-state index is 12.4. The van der Waals surface area contributed by atoms with Crippen LogP contribution in [0.3, 0.4) is 0 Å². The van der Waals surface area contributed by atoms with E-state index in [0.717, 1.165) is 16.9 Å². The second kappa shape index (κ2) is 7.38. The molecule has 2 aromatic carbocycles. The van der Waals surface area contributed by atoms with Crippen molar-refractivity contribution in [2.75, 3.05) is 4.72 Å². The molecule has 136 valence electrons. The Morgan fingerprint density at radius 1 is 1.08 bits per heavy atom. The molecule has 26 heavy (non-hydrogen) atoms. The van der Waals surface area contributed by atoms with Gasteiger partial charge in [-0.2, -0.15) is 8.78 Å². The summed E-state index contributed by atoms with van der Waals surface area (Å²) in [6.07, 6.45) is 0. The van der Waals surface area contributed by atoms with Gasteiger partial charge in [-0.3, -0.25) is 4.72 Å². The quantitative estimate of drug-likeness (QED) is 0.665. The van der Waals surface area contributed by atoms with Crippen LogP contribution in [0, 0.1) is 6.92 Å². The summed E-state index contributed by atoms with van der Waals surface area (Å²) in [6.45, 7) is -1.02. The van der Waals surface area contributed by atoms with Crippen molar-refractivity contribution in [3.8, 4) is 17.0 Å². The van der Waals surface area contributed by atoms with Crippen LogP contribution in [0.5, 0.6) is 5.75 Å². The highest BCUT2D eigenvalue weighted by Gasteiger charge is 2.16. The minimum Gasteiger partial charge on any atom is -0.435 e. The smallest absolute Gasteiger partial charge is 0.387 e. The van der Waals surface area contributed by atoms with Gasteiger partial charge in [-0.25, -0.2) is 13.4 Å². The Hall–Kier alpha value is -2.52. The third-order valence-corrected chi connectivity index (χ3v) is 5.67. The average Bonchev–Trinajstić information content (AvgIpc) is 3.03. The molecule has 0 saturated carbocycles. The van der Waals surface area contributed by atoms with E-state index in [-0.39, 0.29) is 15.8 Å². The van der Waals surface area contributed by atoms with Crippen LogP contribution in [-0.4, -0.2) is 20.0 Å². The zero-order valence-corrected chi connectivity index (χ0v) is 15.2. The Labute approximate surface area is 153 Å². The highest BCUT2D eigenvalue weighted by Crippen LogP contribution is 2.28. The van der Waals surface area contributed by atoms with Gasteiger partial charge in [-0.05, 0) is 43.3 Å². The molecule has 0 radical (unpaired) electrons. The van der Waals surface area contributed by atoms with Gasteiger partial charge in [0.25, 0.3) is 10.0 Å². The first-order valence-electron chi connectivity index (χ1n) is 7.44. The molecule has 0 bridgehead atoms. The van der Waals surface area contributed by atoms with E-state index < -0.39 is 16.6 Å². The molecule has 1 aromatic heterocycles. The van der Waals surface area contributed by atoms with Gasteiger partial charge in [0.05, 0.1) is 10.6 Å². The number of thiazole rings is 1. The number of anilines is 1. The number of sulfonamides is 1. The van der Waals surface area contributed by atoms with Crippen LogP contribution in [0.2, 0.25) is 0 Å². The number of halogens is 2. The van der Waals surface area contributed by atoms with E-state index in [1.165, 1.54) is 24.3 Å². The number of rotatable bonds is 6. The van der Waals surface area contributed by atoms with Gasteiger partial charge in [0.1, 0.15) is 5.75 Å². The van der Waals surface area contributed by atoms with Crippen molar-refractivity contribution in [1.29, 1.82) is 0 Å². The van der Waals surface area contributed by atoms with Crippen molar-refractivity contribution in [2.45, 2.75) is 18.4 Å². The minimum atomic E-state index is -3.72. The summed E-state index contributed by atoms with van der Waals surface area (Å²) in [5, 5.41) is 1.89. The van der Waals surface area contributed by atoms with Crippen molar-refractivity contribution in [1.82, 2.24) is 4.98 Å². The third kappa shape index (κ3) is 4.36. The number of alkyl halides is 2. The Morgan fingerprint density at radius 3 is 2.35 bits per heavy atom. The second-order valence-corrected chi connectivity index (χ2v) is 7.90. The molecule has 0 aliphatic heterocycles. The number of ether oxygens (including phenoxy) is 1. The lowest BCUT2D eigenvalue weighted by Gasteiger charge is -2.05. The highest BCUT2D eigenvalue weighted by atomic mass is 32.2. The van der Waals surface area contributed by atoms with E-state index >= 15 is 0 Å². The molecular formula is C17H14F2N2O3S2. The van der Waals surface area contributed by atoms with Gasteiger partial charge in [0.2, 0.25) is 0 Å². The maximum absolute atomic E-state index is 12.4. The fourth-order valence-electron chi connectivity index (χ4n) is 2.15. The lowest BCUT2D eigenvalue weighted by Crippen LogP contribution is -2.12. The molecule has 0 spiro atoms. The van der Waals surface area contributed by atoms with Crippen LogP contribution in [-0.2, 0) is 10.0 Å². The zero-order chi connectivity index (χ0) is 18.7. The minimum absolute atomic E-state index is 0.0410. The topological polar surface area (TPSA) is 68.3 Å². The summed E-state index contributed by atoms with van der Waals surface area (Å²) < 4.78 is 55.8. The van der Waals surface area contributed by atoms with Crippen molar-refractivity contribution >= 4 is 26.5 Å². The summed E-state index contributed by atoms with van der Waals surface area (Å²) >= 11 is 1.13. The number of hydrogen-bond donors (Lipinski definition) is 1. The molecule has 0 unspecified atom stereocenters. The Balaban J connectivity index is 1.76. The Morgan fingerprint density at radius 2 is 1.73 bits per heavy atom. The van der Waals surface area contributed by atoms with Gasteiger partial charge in [-0.15, -0.1) is 11.3 Å². The number of nitrogens with one attached hydrogen (secondary N) is 1. The average molecular weight is 396 g/mol. The van der Waals surface area contributed by atoms with E-state index in [4.69, 9.17) is 0 Å². The Bertz CT molecular complexity index is 986. The van der Waals surface area contributed by atoms with Crippen LogP contribution in [0.25, 0.3) is 11.3 Å². The molecule has 0 aliphatic rings. The van der Waals surface area contributed by atoms with Crippen LogP contribution < -0.4 is 9.46 Å². The van der Waals surface area contributed by atoms with Gasteiger partial charge >= 0.3 is 6.61 Å². The van der Waals surface area contributed by atoms with Gasteiger partial charge in [0.15, 0.2) is 5.13 Å². The summed E-state index contributed by atoms with van der Waals surface area (Å²) in [5.74, 6) is 0.0410. The molecule has 1 N–H and O–H groups in total. The van der Waals surface area contributed by atoms with Gasteiger partial charge < -0.3 is 4.74 Å². The SMILES string of the molecule is Cc1ccc(S(=O)(=O)Nc2nc(-c3ccc(OC(F)F)cc3)cs2)cc1. The summed E-state index contributed by atoms with van der Waals surface area (Å²) in [5.41, 5.74) is 2.14. The fraction of sp³-hybridized carbons (Fsp3) is 0.118. The molecule has 0 amide bonds. The summed E-state index contributed by atoms with van der Waals surface area (Å²) in [6, 6.07) is 12.4. The molecule has 5 nitrogen and oxygen atoms in total. The third-order valence-electron chi connectivity index (χ3n) is 3.43. The molecule has 3 aromatic rings. The van der Waals surface area contributed by atoms with Crippen molar-refractivity contribution in [3.05, 3.63) is 59.5 Å². The molecule has 3 rings (SSSR count). The lowest BCUT2D eigenvalue weighted by molar-refractivity contribution is -0.0498. The molecule has 0 fully saturated rings. The first-order chi connectivity index (χ1) is 12.3. The maximum Gasteiger partial charge on any atom is 0.387 e. The van der Waals surface area contributed by atoms with Crippen molar-refractivity contribution < 1.29 is 21.9 Å². The fourth-order valence-corrected chi connectivity index (χ4v) is 4.12. The number of aryl methyl sites for hydroxylation is 1. The summed E-state index contributed by atoms with van der Waals surface area (Å²) in [7, 11) is -3.72. The monoisotopic (exact) mass is 396 g/mol. The van der Waals surface area contributed by atoms with E-state index in [1.807, 2.05) is 6.92 Å². The Kier molecular flexibility index (Phi) is 5.19. The predicted octanol–water partition coefficient (Wildman–Crippen LogP) is 4.52. The normalized spacial score (nSPS) is 11.5. The van der Waals surface area contributed by atoms with Crippen molar-refractivity contribution in [3.63, 3.8) is 0 Å². The first-order valence-corrected chi connectivity index (χ1v) is 9.80. The van der Waals surface area contributed by atoms with Crippen LogP contribution in [0.15, 0.2) is 58.8 Å². The van der Waals surface area contributed by atoms with E-state index in [9.17, 15) is 17.2 Å². The second-order valence-electron chi connectivity index (χ2n) is 5.36. The summed E-state index contributed by atoms with van der Waals surface area (Å²) in [4.78, 5) is 4.39. The largest absolute Gasteiger partial charge is 0.435 e. The standard InChI is InChI=1S/C17H14F2N2O3S2/c1-11-2-8-14(9-3-11)26(22,23)21-17-20-15(10-25-17)12-4-6-13(7-5-12)24-16(18)19/h2-10,16H,1H3,(H,20,21). The molecule has 0 saturated heterocycles. The predicted molar refractivity (Wildman–Crippen MR) is 96.2 cm³/mol. The van der Waals surface area contributed by atoms with Crippen molar-refractivity contribution in [2.24, 2.45) is 0 Å².